The molecule has 2 rings (SSSR count). The Bertz CT molecular complexity index is 463. The first kappa shape index (κ1) is 13.6. The zero-order valence-corrected chi connectivity index (χ0v) is 10.0. The molecule has 3 nitrogen and oxygen atoms in total. The van der Waals surface area contributed by atoms with Crippen molar-refractivity contribution in [2.75, 3.05) is 0 Å². The first-order valence-corrected chi connectivity index (χ1v) is 5.91. The van der Waals surface area contributed by atoms with E-state index in [1.54, 1.807) is 12.2 Å². The fraction of sp³-hybridized carbons (Fsp3) is 0.385. The highest BCUT2D eigenvalue weighted by Crippen LogP contribution is 2.32. The van der Waals surface area contributed by atoms with E-state index in [9.17, 15) is 18.0 Å². The Morgan fingerprint density at radius 3 is 2.53 bits per heavy atom. The van der Waals surface area contributed by atoms with Gasteiger partial charge in [-0.1, -0.05) is 18.2 Å². The van der Waals surface area contributed by atoms with Crippen molar-refractivity contribution in [2.24, 2.45) is 5.92 Å². The van der Waals surface area contributed by atoms with Crippen molar-refractivity contribution in [3.8, 4) is 0 Å². The molecule has 1 N–H and O–H groups in total. The van der Waals surface area contributed by atoms with Crippen LogP contribution >= 0.6 is 0 Å². The van der Waals surface area contributed by atoms with Crippen molar-refractivity contribution in [3.63, 3.8) is 0 Å². The minimum atomic E-state index is -4.56. The molecule has 1 amide bonds. The molecule has 1 unspecified atom stereocenters. The van der Waals surface area contributed by atoms with E-state index in [0.29, 0.717) is 12.8 Å². The summed E-state index contributed by atoms with van der Waals surface area (Å²) in [5.74, 6) is -0.994. The van der Waals surface area contributed by atoms with Gasteiger partial charge in [0, 0.05) is 12.1 Å². The van der Waals surface area contributed by atoms with Crippen molar-refractivity contribution < 1.29 is 18.0 Å². The Morgan fingerprint density at radius 2 is 2.00 bits per heavy atom. The number of carbonyl (C=O) groups excluding carboxylic acids is 1. The first-order valence-electron chi connectivity index (χ1n) is 5.91. The number of rotatable bonds is 3. The monoisotopic (exact) mass is 270 g/mol. The second-order valence-electron chi connectivity index (χ2n) is 4.38. The number of aromatic nitrogens is 1. The Labute approximate surface area is 108 Å². The van der Waals surface area contributed by atoms with Gasteiger partial charge in [0.15, 0.2) is 6.04 Å². The summed E-state index contributed by atoms with van der Waals surface area (Å²) >= 11 is 0. The van der Waals surface area contributed by atoms with Gasteiger partial charge in [-0.25, -0.2) is 0 Å². The third-order valence-corrected chi connectivity index (χ3v) is 2.98. The van der Waals surface area contributed by atoms with Crippen LogP contribution in [0.3, 0.4) is 0 Å². The summed E-state index contributed by atoms with van der Waals surface area (Å²) in [6.45, 7) is 0. The molecular weight excluding hydrogens is 257 g/mol. The van der Waals surface area contributed by atoms with Gasteiger partial charge in [-0.15, -0.1) is 0 Å². The minimum Gasteiger partial charge on any atom is -0.339 e. The van der Waals surface area contributed by atoms with Crippen LogP contribution in [0, 0.1) is 5.92 Å². The zero-order valence-electron chi connectivity index (χ0n) is 10.0. The van der Waals surface area contributed by atoms with Gasteiger partial charge in [0.25, 0.3) is 0 Å². The van der Waals surface area contributed by atoms with Crippen molar-refractivity contribution in [1.82, 2.24) is 10.3 Å². The van der Waals surface area contributed by atoms with Gasteiger partial charge in [-0.2, -0.15) is 13.2 Å². The van der Waals surface area contributed by atoms with Crippen LogP contribution in [0.1, 0.15) is 24.6 Å². The summed E-state index contributed by atoms with van der Waals surface area (Å²) in [5.41, 5.74) is -0.200. The van der Waals surface area contributed by atoms with Crippen LogP contribution in [0.4, 0.5) is 13.2 Å². The van der Waals surface area contributed by atoms with E-state index >= 15 is 0 Å². The van der Waals surface area contributed by atoms with E-state index in [0.717, 1.165) is 0 Å². The van der Waals surface area contributed by atoms with Crippen LogP contribution in [0.15, 0.2) is 36.5 Å². The third kappa shape index (κ3) is 3.33. The van der Waals surface area contributed by atoms with E-state index in [2.05, 4.69) is 4.98 Å². The lowest BCUT2D eigenvalue weighted by Crippen LogP contribution is -2.41. The van der Waals surface area contributed by atoms with Gasteiger partial charge in [-0.05, 0) is 25.0 Å². The molecular formula is C13H13F3N2O. The highest BCUT2D eigenvalue weighted by Gasteiger charge is 2.43. The fourth-order valence-electron chi connectivity index (χ4n) is 1.96. The van der Waals surface area contributed by atoms with Crippen LogP contribution < -0.4 is 5.32 Å². The van der Waals surface area contributed by atoms with Gasteiger partial charge >= 0.3 is 6.18 Å². The lowest BCUT2D eigenvalue weighted by atomic mass is 10.1. The molecule has 1 aliphatic carbocycles. The summed E-state index contributed by atoms with van der Waals surface area (Å²) in [4.78, 5) is 15.5. The number of nitrogens with one attached hydrogen (secondary N) is 1. The minimum absolute atomic E-state index is 0.200. The standard InChI is InChI=1S/C13H13F3N2O/c14-13(15,16)11(10-7-3-4-8-17-10)18-12(19)9-5-1-2-6-9/h1-4,7-9,11H,5-6H2,(H,18,19). The van der Waals surface area contributed by atoms with Gasteiger partial charge in [0.1, 0.15) is 0 Å². The number of alkyl halides is 3. The molecule has 0 saturated heterocycles. The molecule has 0 saturated carbocycles. The summed E-state index contributed by atoms with van der Waals surface area (Å²) < 4.78 is 38.9. The van der Waals surface area contributed by atoms with E-state index in [4.69, 9.17) is 0 Å². The number of nitrogens with zero attached hydrogens (tertiary/aromatic N) is 1. The molecule has 0 aliphatic heterocycles. The lowest BCUT2D eigenvalue weighted by Gasteiger charge is -2.22. The molecule has 1 aliphatic rings. The number of amides is 1. The summed E-state index contributed by atoms with van der Waals surface area (Å²) in [5, 5.41) is 2.05. The number of hydrogen-bond donors (Lipinski definition) is 1. The molecule has 1 aromatic rings. The maximum atomic E-state index is 13.0. The second-order valence-corrected chi connectivity index (χ2v) is 4.38. The SMILES string of the molecule is O=C(NC(c1ccccn1)C(F)(F)F)C1CC=CC1. The smallest absolute Gasteiger partial charge is 0.339 e. The van der Waals surface area contributed by atoms with Crippen LogP contribution in [0.25, 0.3) is 0 Å². The lowest BCUT2D eigenvalue weighted by molar-refractivity contribution is -0.165. The number of carbonyl (C=O) groups is 1. The predicted octanol–water partition coefficient (Wildman–Crippen LogP) is 2.77. The highest BCUT2D eigenvalue weighted by molar-refractivity contribution is 5.80. The molecule has 1 atom stereocenters. The van der Waals surface area contributed by atoms with Crippen LogP contribution in [-0.4, -0.2) is 17.1 Å². The topological polar surface area (TPSA) is 42.0 Å². The second kappa shape index (κ2) is 5.42. The molecule has 0 spiro atoms. The maximum absolute atomic E-state index is 13.0. The Balaban J connectivity index is 2.13. The molecule has 1 heterocycles. The Hall–Kier alpha value is -1.85. The molecule has 6 heteroatoms. The zero-order chi connectivity index (χ0) is 13.9. The van der Waals surface area contributed by atoms with Crippen molar-refractivity contribution in [1.29, 1.82) is 0 Å². The largest absolute Gasteiger partial charge is 0.414 e. The molecule has 1 aromatic heterocycles. The molecule has 19 heavy (non-hydrogen) atoms. The number of pyridine rings is 1. The molecule has 0 fully saturated rings. The van der Waals surface area contributed by atoms with Crippen molar-refractivity contribution >= 4 is 5.91 Å². The first-order chi connectivity index (χ1) is 8.98. The number of halogens is 3. The summed E-state index contributed by atoms with van der Waals surface area (Å²) in [7, 11) is 0. The molecule has 0 bridgehead atoms. The van der Waals surface area contributed by atoms with Gasteiger partial charge in [-0.3, -0.25) is 9.78 Å². The van der Waals surface area contributed by atoms with E-state index in [1.165, 1.54) is 24.4 Å². The van der Waals surface area contributed by atoms with Gasteiger partial charge in [0.2, 0.25) is 5.91 Å². The molecule has 102 valence electrons. The molecule has 0 radical (unpaired) electrons. The predicted molar refractivity (Wildman–Crippen MR) is 63.0 cm³/mol. The average Bonchev–Trinajstić information content (AvgIpc) is 2.89. The fourth-order valence-corrected chi connectivity index (χ4v) is 1.96. The van der Waals surface area contributed by atoms with E-state index in [-0.39, 0.29) is 5.69 Å². The summed E-state index contributed by atoms with van der Waals surface area (Å²) in [6.07, 6.45) is 1.28. The molecule has 0 aromatic carbocycles. The Morgan fingerprint density at radius 1 is 1.32 bits per heavy atom. The van der Waals surface area contributed by atoms with Crippen LogP contribution in [0.5, 0.6) is 0 Å². The highest BCUT2D eigenvalue weighted by atomic mass is 19.4. The normalized spacial score (nSPS) is 17.4. The number of hydrogen-bond acceptors (Lipinski definition) is 2. The average molecular weight is 270 g/mol. The Kier molecular flexibility index (Phi) is 3.87. The van der Waals surface area contributed by atoms with E-state index < -0.39 is 24.0 Å². The van der Waals surface area contributed by atoms with Crippen LogP contribution in [0.2, 0.25) is 0 Å². The number of allylic oxidation sites excluding steroid dienone is 2. The van der Waals surface area contributed by atoms with Crippen LogP contribution in [-0.2, 0) is 4.79 Å². The summed E-state index contributed by atoms with van der Waals surface area (Å²) in [6, 6.07) is 2.19. The van der Waals surface area contributed by atoms with Crippen molar-refractivity contribution in [3.05, 3.63) is 42.2 Å². The van der Waals surface area contributed by atoms with Gasteiger partial charge in [0.05, 0.1) is 5.69 Å². The van der Waals surface area contributed by atoms with E-state index in [1.807, 2.05) is 5.32 Å². The maximum Gasteiger partial charge on any atom is 0.414 e. The third-order valence-electron chi connectivity index (χ3n) is 2.98. The quantitative estimate of drug-likeness (QED) is 0.858. The van der Waals surface area contributed by atoms with Crippen molar-refractivity contribution in [2.45, 2.75) is 25.1 Å². The van der Waals surface area contributed by atoms with Gasteiger partial charge < -0.3 is 5.32 Å².